The van der Waals surface area contributed by atoms with E-state index in [9.17, 15) is 14.9 Å². The van der Waals surface area contributed by atoms with Crippen LogP contribution < -0.4 is 5.32 Å². The average molecular weight is 240 g/mol. The van der Waals surface area contributed by atoms with E-state index < -0.39 is 17.4 Å². The van der Waals surface area contributed by atoms with Crippen LogP contribution in [0.1, 0.15) is 18.1 Å². The summed E-state index contributed by atoms with van der Waals surface area (Å²) in [6.07, 6.45) is 0. The highest BCUT2D eigenvalue weighted by atomic mass is 16.6. The number of rotatable bonds is 4. The summed E-state index contributed by atoms with van der Waals surface area (Å²) in [4.78, 5) is 21.0. The number of nitro benzene ring substituents is 1. The van der Waals surface area contributed by atoms with Crippen LogP contribution in [0.2, 0.25) is 0 Å². The molecule has 0 atom stereocenters. The van der Waals surface area contributed by atoms with Crippen molar-refractivity contribution in [3.63, 3.8) is 0 Å². The zero-order chi connectivity index (χ0) is 13.0. The molecule has 17 heavy (non-hydrogen) atoms. The van der Waals surface area contributed by atoms with Crippen LogP contribution >= 0.6 is 0 Å². The molecular weight excluding hydrogens is 228 g/mol. The zero-order valence-corrected chi connectivity index (χ0v) is 9.14. The average Bonchev–Trinajstić information content (AvgIpc) is 2.27. The summed E-state index contributed by atoms with van der Waals surface area (Å²) < 4.78 is 0. The predicted octanol–water partition coefficient (Wildman–Crippen LogP) is 0.538. The lowest BCUT2D eigenvalue weighted by Crippen LogP contribution is -2.09. The minimum absolute atomic E-state index is 0.00347. The van der Waals surface area contributed by atoms with E-state index in [4.69, 9.17) is 10.2 Å². The van der Waals surface area contributed by atoms with E-state index in [0.717, 1.165) is 6.07 Å². The van der Waals surface area contributed by atoms with Gasteiger partial charge >= 0.3 is 0 Å². The van der Waals surface area contributed by atoms with E-state index in [1.807, 2.05) is 0 Å². The van der Waals surface area contributed by atoms with Gasteiger partial charge in [0.15, 0.2) is 0 Å². The number of aliphatic hydroxyl groups excluding tert-OH is 2. The number of carbonyl (C=O) groups excluding carboxylic acids is 1. The van der Waals surface area contributed by atoms with Crippen LogP contribution in [0.15, 0.2) is 12.1 Å². The van der Waals surface area contributed by atoms with Crippen molar-refractivity contribution in [1.29, 1.82) is 0 Å². The molecule has 0 radical (unpaired) electrons. The molecule has 0 unspecified atom stereocenters. The zero-order valence-electron chi connectivity index (χ0n) is 9.14. The third-order valence-corrected chi connectivity index (χ3v) is 2.17. The van der Waals surface area contributed by atoms with Crippen molar-refractivity contribution in [2.45, 2.75) is 20.1 Å². The minimum Gasteiger partial charge on any atom is -0.392 e. The molecule has 7 heteroatoms. The topological polar surface area (TPSA) is 113 Å². The molecule has 0 aromatic heterocycles. The molecule has 1 rings (SSSR count). The second-order valence-electron chi connectivity index (χ2n) is 3.39. The molecule has 92 valence electrons. The van der Waals surface area contributed by atoms with Crippen LogP contribution in [0.5, 0.6) is 0 Å². The van der Waals surface area contributed by atoms with E-state index in [0.29, 0.717) is 5.56 Å². The van der Waals surface area contributed by atoms with Gasteiger partial charge in [-0.3, -0.25) is 14.9 Å². The molecule has 3 N–H and O–H groups in total. The van der Waals surface area contributed by atoms with Gasteiger partial charge in [0.25, 0.3) is 5.69 Å². The van der Waals surface area contributed by atoms with Crippen LogP contribution in [0.25, 0.3) is 0 Å². The first-order valence-corrected chi connectivity index (χ1v) is 4.79. The van der Waals surface area contributed by atoms with E-state index in [1.165, 1.54) is 13.0 Å². The van der Waals surface area contributed by atoms with Gasteiger partial charge in [-0.05, 0) is 17.2 Å². The monoisotopic (exact) mass is 240 g/mol. The van der Waals surface area contributed by atoms with Gasteiger partial charge in [0.2, 0.25) is 5.91 Å². The molecule has 0 fully saturated rings. The van der Waals surface area contributed by atoms with Gasteiger partial charge < -0.3 is 15.5 Å². The lowest BCUT2D eigenvalue weighted by Gasteiger charge is -2.09. The maximum Gasteiger partial charge on any atom is 0.293 e. The number of aliphatic hydroxyl groups is 2. The third-order valence-electron chi connectivity index (χ3n) is 2.17. The van der Waals surface area contributed by atoms with Crippen molar-refractivity contribution in [1.82, 2.24) is 0 Å². The van der Waals surface area contributed by atoms with Crippen molar-refractivity contribution in [3.05, 3.63) is 33.4 Å². The van der Waals surface area contributed by atoms with Gasteiger partial charge in [-0.25, -0.2) is 0 Å². The normalized spacial score (nSPS) is 10.1. The van der Waals surface area contributed by atoms with Crippen LogP contribution in [0.4, 0.5) is 11.4 Å². The second kappa shape index (κ2) is 5.37. The maximum atomic E-state index is 10.9. The summed E-state index contributed by atoms with van der Waals surface area (Å²) in [5, 5.41) is 31.1. The van der Waals surface area contributed by atoms with E-state index in [1.54, 1.807) is 0 Å². The van der Waals surface area contributed by atoms with Crippen LogP contribution in [0.3, 0.4) is 0 Å². The van der Waals surface area contributed by atoms with Gasteiger partial charge in [-0.2, -0.15) is 0 Å². The van der Waals surface area contributed by atoms with Gasteiger partial charge in [0, 0.05) is 13.0 Å². The number of nitrogens with one attached hydrogen (secondary N) is 1. The summed E-state index contributed by atoms with van der Waals surface area (Å²) in [6, 6.07) is 2.42. The minimum atomic E-state index is -0.661. The van der Waals surface area contributed by atoms with Crippen molar-refractivity contribution in [3.8, 4) is 0 Å². The standard InChI is InChI=1S/C10H12N2O5/c1-6(15)11-9-2-7(4-13)8(5-14)3-10(9)12(16)17/h2-3,13-14H,4-5H2,1H3,(H,11,15). The molecule has 1 aromatic carbocycles. The summed E-state index contributed by atoms with van der Waals surface area (Å²) in [6.45, 7) is 0.430. The lowest BCUT2D eigenvalue weighted by atomic mass is 10.1. The molecule has 7 nitrogen and oxygen atoms in total. The molecule has 0 aliphatic rings. The van der Waals surface area contributed by atoms with Crippen LogP contribution in [-0.2, 0) is 18.0 Å². The largest absolute Gasteiger partial charge is 0.392 e. The van der Waals surface area contributed by atoms with Gasteiger partial charge in [0.1, 0.15) is 5.69 Å². The highest BCUT2D eigenvalue weighted by Gasteiger charge is 2.18. The Balaban J connectivity index is 3.34. The van der Waals surface area contributed by atoms with E-state index in [2.05, 4.69) is 5.32 Å². The van der Waals surface area contributed by atoms with Crippen molar-refractivity contribution in [2.75, 3.05) is 5.32 Å². The third kappa shape index (κ3) is 2.99. The molecule has 0 bridgehead atoms. The lowest BCUT2D eigenvalue weighted by molar-refractivity contribution is -0.384. The molecule has 0 saturated heterocycles. The van der Waals surface area contributed by atoms with Crippen molar-refractivity contribution in [2.24, 2.45) is 0 Å². The Hall–Kier alpha value is -1.99. The Kier molecular flexibility index (Phi) is 4.13. The summed E-state index contributed by atoms with van der Waals surface area (Å²) >= 11 is 0. The number of hydrogen-bond acceptors (Lipinski definition) is 5. The first-order chi connectivity index (χ1) is 7.99. The molecule has 0 saturated carbocycles. The van der Waals surface area contributed by atoms with Crippen LogP contribution in [0, 0.1) is 10.1 Å². The Bertz CT molecular complexity index is 458. The number of anilines is 1. The van der Waals surface area contributed by atoms with Gasteiger partial charge in [-0.1, -0.05) is 0 Å². The second-order valence-corrected chi connectivity index (χ2v) is 3.39. The van der Waals surface area contributed by atoms with Crippen molar-refractivity contribution >= 4 is 17.3 Å². The number of nitro groups is 1. The Morgan fingerprint density at radius 1 is 1.35 bits per heavy atom. The molecule has 1 aromatic rings. The fourth-order valence-electron chi connectivity index (χ4n) is 1.41. The van der Waals surface area contributed by atoms with Gasteiger partial charge in [-0.15, -0.1) is 0 Å². The van der Waals surface area contributed by atoms with E-state index in [-0.39, 0.29) is 23.5 Å². The molecule has 0 spiro atoms. The maximum absolute atomic E-state index is 10.9. The molecule has 0 heterocycles. The van der Waals surface area contributed by atoms with Crippen molar-refractivity contribution < 1.29 is 19.9 Å². The fraction of sp³-hybridized carbons (Fsp3) is 0.300. The van der Waals surface area contributed by atoms with Gasteiger partial charge in [0.05, 0.1) is 18.1 Å². The quantitative estimate of drug-likeness (QED) is 0.525. The highest BCUT2D eigenvalue weighted by molar-refractivity contribution is 5.91. The van der Waals surface area contributed by atoms with E-state index >= 15 is 0 Å². The fourth-order valence-corrected chi connectivity index (χ4v) is 1.41. The summed E-state index contributed by atoms with van der Waals surface area (Å²) in [5.74, 6) is -0.450. The molecule has 0 aliphatic carbocycles. The Morgan fingerprint density at radius 2 is 1.88 bits per heavy atom. The number of nitrogens with zero attached hydrogens (tertiary/aromatic N) is 1. The van der Waals surface area contributed by atoms with Crippen LogP contribution in [-0.4, -0.2) is 21.0 Å². The number of amides is 1. The molecule has 1 amide bonds. The Labute approximate surface area is 96.8 Å². The molecular formula is C10H12N2O5. The molecule has 0 aliphatic heterocycles. The smallest absolute Gasteiger partial charge is 0.293 e. The number of hydrogen-bond donors (Lipinski definition) is 3. The predicted molar refractivity (Wildman–Crippen MR) is 59.2 cm³/mol. The number of benzene rings is 1. The summed E-state index contributed by atoms with van der Waals surface area (Å²) in [5.41, 5.74) is 0.278. The first kappa shape index (κ1) is 13.1. The summed E-state index contributed by atoms with van der Waals surface area (Å²) in [7, 11) is 0. The highest BCUT2D eigenvalue weighted by Crippen LogP contribution is 2.28. The SMILES string of the molecule is CC(=O)Nc1cc(CO)c(CO)cc1[N+](=O)[O-]. The number of carbonyl (C=O) groups is 1. The first-order valence-electron chi connectivity index (χ1n) is 4.79. The Morgan fingerprint density at radius 3 is 2.29 bits per heavy atom.